The van der Waals surface area contributed by atoms with Gasteiger partial charge in [-0.1, -0.05) is 212 Å². The van der Waals surface area contributed by atoms with Crippen molar-refractivity contribution in [2.24, 2.45) is 0 Å². The van der Waals surface area contributed by atoms with Gasteiger partial charge in [-0.3, -0.25) is 4.79 Å². The summed E-state index contributed by atoms with van der Waals surface area (Å²) in [6.07, 6.45) is 40.9. The molecule has 1 saturated heterocycles. The number of unbranched alkanes of at least 4 members (excludes halogenated alkanes) is 29. The molecule has 1 amide bonds. The van der Waals surface area contributed by atoms with Gasteiger partial charge in [-0.05, 0) is 32.1 Å². The van der Waals surface area contributed by atoms with Gasteiger partial charge in [-0.2, -0.15) is 0 Å². The quantitative estimate of drug-likeness (QED) is 0.0264. The van der Waals surface area contributed by atoms with Gasteiger partial charge in [0.15, 0.2) is 6.29 Å². The van der Waals surface area contributed by atoms with Crippen molar-refractivity contribution in [2.75, 3.05) is 13.2 Å². The Morgan fingerprint density at radius 3 is 1.45 bits per heavy atom. The third kappa shape index (κ3) is 29.8. The van der Waals surface area contributed by atoms with Gasteiger partial charge in [0.05, 0.1) is 25.4 Å². The van der Waals surface area contributed by atoms with Crippen LogP contribution in [0.2, 0.25) is 0 Å². The predicted octanol–water partition coefficient (Wildman–Crippen LogP) is 10.7. The van der Waals surface area contributed by atoms with Crippen LogP contribution in [-0.4, -0.2) is 87.5 Å². The summed E-state index contributed by atoms with van der Waals surface area (Å²) in [6, 6.07) is -0.816. The first-order valence-corrected chi connectivity index (χ1v) is 24.6. The van der Waals surface area contributed by atoms with Gasteiger partial charge in [0.25, 0.3) is 0 Å². The minimum absolute atomic E-state index is 0.186. The van der Waals surface area contributed by atoms with Gasteiger partial charge in [-0.25, -0.2) is 0 Å². The molecular formula is C49H93NO8. The number of nitrogens with one attached hydrogen (secondary N) is 1. The number of aliphatic hydroxyl groups is 5. The summed E-state index contributed by atoms with van der Waals surface area (Å²) in [5, 5.41) is 54.2. The molecule has 7 unspecified atom stereocenters. The zero-order valence-electron chi connectivity index (χ0n) is 37.6. The topological polar surface area (TPSA) is 149 Å². The number of amides is 1. The first-order valence-electron chi connectivity index (χ1n) is 24.6. The fourth-order valence-electron chi connectivity index (χ4n) is 7.82. The SMILES string of the molecule is CCCCCCCCCCCCCCCCCCC/C=C/CC/C=C/C(O)C(COC1OC(CO)C(O)C(O)C1O)NC(=O)CCCCCCCCCCCCCC. The van der Waals surface area contributed by atoms with E-state index in [1.807, 2.05) is 6.08 Å². The molecule has 0 aliphatic carbocycles. The fourth-order valence-corrected chi connectivity index (χ4v) is 7.82. The van der Waals surface area contributed by atoms with Crippen LogP contribution < -0.4 is 5.32 Å². The molecule has 6 N–H and O–H groups in total. The van der Waals surface area contributed by atoms with E-state index in [0.29, 0.717) is 6.42 Å². The van der Waals surface area contributed by atoms with Crippen LogP contribution >= 0.6 is 0 Å². The van der Waals surface area contributed by atoms with Crippen LogP contribution in [0.1, 0.15) is 226 Å². The molecule has 0 aromatic heterocycles. The van der Waals surface area contributed by atoms with Crippen LogP contribution in [0.3, 0.4) is 0 Å². The van der Waals surface area contributed by atoms with Crippen molar-refractivity contribution in [3.63, 3.8) is 0 Å². The second-order valence-corrected chi connectivity index (χ2v) is 17.3. The molecule has 0 aromatic carbocycles. The number of ether oxygens (including phenoxy) is 2. The van der Waals surface area contributed by atoms with E-state index in [4.69, 9.17) is 9.47 Å². The number of rotatable bonds is 41. The minimum Gasteiger partial charge on any atom is -0.394 e. The Morgan fingerprint density at radius 2 is 0.983 bits per heavy atom. The third-order valence-corrected chi connectivity index (χ3v) is 11.8. The van der Waals surface area contributed by atoms with Crippen molar-refractivity contribution in [1.82, 2.24) is 5.32 Å². The van der Waals surface area contributed by atoms with E-state index in [0.717, 1.165) is 38.5 Å². The van der Waals surface area contributed by atoms with Gasteiger partial charge >= 0.3 is 0 Å². The molecule has 9 heteroatoms. The van der Waals surface area contributed by atoms with Crippen molar-refractivity contribution >= 4 is 5.91 Å². The maximum Gasteiger partial charge on any atom is 0.220 e. The van der Waals surface area contributed by atoms with Gasteiger partial charge in [0.1, 0.15) is 24.4 Å². The Kier molecular flexibility index (Phi) is 37.5. The van der Waals surface area contributed by atoms with Crippen LogP contribution in [0.5, 0.6) is 0 Å². The van der Waals surface area contributed by atoms with Crippen molar-refractivity contribution in [3.05, 3.63) is 24.3 Å². The molecule has 1 fully saturated rings. The molecule has 1 rings (SSSR count). The molecule has 0 bridgehead atoms. The van der Waals surface area contributed by atoms with Gasteiger partial charge in [0, 0.05) is 6.42 Å². The highest BCUT2D eigenvalue weighted by molar-refractivity contribution is 5.76. The van der Waals surface area contributed by atoms with Crippen molar-refractivity contribution in [2.45, 2.75) is 269 Å². The zero-order valence-corrected chi connectivity index (χ0v) is 37.6. The molecule has 9 nitrogen and oxygen atoms in total. The lowest BCUT2D eigenvalue weighted by Gasteiger charge is -2.40. The van der Waals surface area contributed by atoms with E-state index < -0.39 is 49.5 Å². The Balaban J connectivity index is 2.31. The summed E-state index contributed by atoms with van der Waals surface area (Å²) >= 11 is 0. The Bertz CT molecular complexity index is 961. The highest BCUT2D eigenvalue weighted by atomic mass is 16.7. The fraction of sp³-hybridized carbons (Fsp3) is 0.898. The summed E-state index contributed by atoms with van der Waals surface area (Å²) in [5.74, 6) is -0.186. The minimum atomic E-state index is -1.57. The van der Waals surface area contributed by atoms with Crippen molar-refractivity contribution in [3.8, 4) is 0 Å². The number of carbonyl (C=O) groups is 1. The number of aliphatic hydroxyl groups excluding tert-OH is 5. The van der Waals surface area contributed by atoms with E-state index in [1.165, 1.54) is 167 Å². The largest absolute Gasteiger partial charge is 0.394 e. The Hall–Kier alpha value is -1.33. The predicted molar refractivity (Wildman–Crippen MR) is 240 cm³/mol. The zero-order chi connectivity index (χ0) is 42.3. The van der Waals surface area contributed by atoms with Crippen molar-refractivity contribution < 1.29 is 39.8 Å². The van der Waals surface area contributed by atoms with Gasteiger partial charge in [-0.15, -0.1) is 0 Å². The van der Waals surface area contributed by atoms with E-state index >= 15 is 0 Å². The lowest BCUT2D eigenvalue weighted by Crippen LogP contribution is -2.60. The second kappa shape index (κ2) is 39.8. The molecule has 0 spiro atoms. The number of carbonyl (C=O) groups excluding carboxylic acids is 1. The molecule has 0 saturated carbocycles. The van der Waals surface area contributed by atoms with E-state index in [-0.39, 0.29) is 12.5 Å². The Morgan fingerprint density at radius 1 is 0.569 bits per heavy atom. The normalized spacial score (nSPS) is 21.0. The molecule has 0 radical (unpaired) electrons. The van der Waals surface area contributed by atoms with Gasteiger partial charge in [0.2, 0.25) is 5.91 Å². The maximum absolute atomic E-state index is 12.9. The molecular weight excluding hydrogens is 731 g/mol. The van der Waals surface area contributed by atoms with Crippen LogP contribution in [-0.2, 0) is 14.3 Å². The average molecular weight is 824 g/mol. The molecule has 58 heavy (non-hydrogen) atoms. The monoisotopic (exact) mass is 824 g/mol. The summed E-state index contributed by atoms with van der Waals surface area (Å²) in [7, 11) is 0. The van der Waals surface area contributed by atoms with E-state index in [1.54, 1.807) is 6.08 Å². The molecule has 1 heterocycles. The first-order chi connectivity index (χ1) is 28.3. The standard InChI is InChI=1S/C49H93NO8/c1-3-5-7-9-11-13-15-17-18-19-20-21-22-23-24-25-26-27-28-30-32-34-36-38-43(52)42(41-57-49-48(56)47(55)46(54)44(40-51)58-49)50-45(53)39-37-35-33-31-29-16-14-12-10-8-6-4-2/h28,30,36,38,42-44,46-49,51-52,54-56H,3-27,29,31-35,37,39-41H2,1-2H3,(H,50,53)/b30-28+,38-36+. The number of hydrogen-bond donors (Lipinski definition) is 6. The van der Waals surface area contributed by atoms with Crippen LogP contribution in [0, 0.1) is 0 Å². The van der Waals surface area contributed by atoms with Crippen molar-refractivity contribution in [1.29, 1.82) is 0 Å². The van der Waals surface area contributed by atoms with Gasteiger partial charge < -0.3 is 40.3 Å². The first kappa shape index (κ1) is 54.7. The van der Waals surface area contributed by atoms with E-state index in [2.05, 4.69) is 31.3 Å². The lowest BCUT2D eigenvalue weighted by molar-refractivity contribution is -0.302. The number of allylic oxidation sites excluding steroid dienone is 3. The molecule has 1 aliphatic heterocycles. The van der Waals surface area contributed by atoms with Crippen LogP contribution in [0.4, 0.5) is 0 Å². The number of hydrogen-bond acceptors (Lipinski definition) is 8. The average Bonchev–Trinajstić information content (AvgIpc) is 3.22. The maximum atomic E-state index is 12.9. The highest BCUT2D eigenvalue weighted by Gasteiger charge is 2.44. The van der Waals surface area contributed by atoms with Crippen LogP contribution in [0.15, 0.2) is 24.3 Å². The van der Waals surface area contributed by atoms with E-state index in [9.17, 15) is 30.3 Å². The summed E-state index contributed by atoms with van der Waals surface area (Å²) < 4.78 is 11.2. The Labute approximate surface area is 356 Å². The summed E-state index contributed by atoms with van der Waals surface area (Å²) in [6.45, 7) is 3.76. The molecule has 342 valence electrons. The second-order valence-electron chi connectivity index (χ2n) is 17.3. The molecule has 7 atom stereocenters. The van der Waals surface area contributed by atoms with Crippen LogP contribution in [0.25, 0.3) is 0 Å². The third-order valence-electron chi connectivity index (χ3n) is 11.8. The molecule has 1 aliphatic rings. The highest BCUT2D eigenvalue weighted by Crippen LogP contribution is 2.23. The smallest absolute Gasteiger partial charge is 0.220 e. The lowest BCUT2D eigenvalue weighted by atomic mass is 9.99. The summed E-state index contributed by atoms with van der Waals surface area (Å²) in [5.41, 5.74) is 0. The molecule has 0 aromatic rings. The summed E-state index contributed by atoms with van der Waals surface area (Å²) in [4.78, 5) is 12.9.